The van der Waals surface area contributed by atoms with E-state index in [0.29, 0.717) is 15.4 Å². The van der Waals surface area contributed by atoms with E-state index >= 15 is 0 Å². The molecule has 0 fully saturated rings. The molecule has 4 aromatic rings. The van der Waals surface area contributed by atoms with Gasteiger partial charge in [0.05, 0.1) is 16.8 Å². The van der Waals surface area contributed by atoms with E-state index in [1.165, 1.54) is 22.7 Å². The third kappa shape index (κ3) is 4.37. The number of fused-ring (bicyclic) bond motifs is 1. The summed E-state index contributed by atoms with van der Waals surface area (Å²) in [6.45, 7) is 3.93. The normalized spacial score (nSPS) is 10.9. The van der Waals surface area contributed by atoms with E-state index in [1.807, 2.05) is 49.6 Å². The molecule has 158 valence electrons. The molecule has 31 heavy (non-hydrogen) atoms. The Morgan fingerprint density at radius 1 is 1.10 bits per heavy atom. The first-order valence-corrected chi connectivity index (χ1v) is 12.5. The van der Waals surface area contributed by atoms with Crippen molar-refractivity contribution in [3.63, 3.8) is 0 Å². The number of aromatic nitrogens is 1. The number of hydrogen-bond donors (Lipinski definition) is 1. The lowest BCUT2D eigenvalue weighted by Crippen LogP contribution is -2.11. The minimum absolute atomic E-state index is 0.230. The predicted octanol–water partition coefficient (Wildman–Crippen LogP) is 6.48. The number of carbonyl (C=O) groups is 2. The van der Waals surface area contributed by atoms with Gasteiger partial charge in [0.15, 0.2) is 0 Å². The number of anilines is 1. The van der Waals surface area contributed by atoms with Gasteiger partial charge < -0.3 is 10.1 Å². The zero-order valence-electron chi connectivity index (χ0n) is 17.2. The fraction of sp³-hybridized carbons (Fsp3) is 0.174. The number of amides is 1. The molecule has 8 heteroatoms. The summed E-state index contributed by atoms with van der Waals surface area (Å²) in [6, 6.07) is 15.3. The average molecular weight is 469 g/mol. The van der Waals surface area contributed by atoms with Crippen LogP contribution in [0.3, 0.4) is 0 Å². The summed E-state index contributed by atoms with van der Waals surface area (Å²) in [6.07, 6.45) is 1.99. The molecule has 0 aliphatic carbocycles. The van der Waals surface area contributed by atoms with Gasteiger partial charge in [-0.05, 0) is 62.1 Å². The van der Waals surface area contributed by atoms with Crippen molar-refractivity contribution in [3.8, 4) is 10.6 Å². The fourth-order valence-corrected chi connectivity index (χ4v) is 5.79. The highest BCUT2D eigenvalue weighted by Gasteiger charge is 2.25. The van der Waals surface area contributed by atoms with Crippen LogP contribution in [-0.4, -0.2) is 29.7 Å². The van der Waals surface area contributed by atoms with Crippen LogP contribution in [0.5, 0.6) is 0 Å². The molecule has 0 saturated heterocycles. The van der Waals surface area contributed by atoms with Crippen molar-refractivity contribution in [3.05, 3.63) is 64.5 Å². The molecule has 0 spiro atoms. The molecule has 0 radical (unpaired) electrons. The Bertz CT molecular complexity index is 1230. The van der Waals surface area contributed by atoms with Gasteiger partial charge in [-0.2, -0.15) is 0 Å². The van der Waals surface area contributed by atoms with E-state index in [2.05, 4.69) is 5.32 Å². The lowest BCUT2D eigenvalue weighted by atomic mass is 10.1. The number of nitrogens with one attached hydrogen (secondary N) is 1. The molecule has 1 N–H and O–H groups in total. The molecular formula is C23H20N2O3S3. The number of hydrogen-bond acceptors (Lipinski definition) is 7. The Morgan fingerprint density at radius 3 is 2.52 bits per heavy atom. The monoisotopic (exact) mass is 468 g/mol. The van der Waals surface area contributed by atoms with Crippen molar-refractivity contribution in [1.29, 1.82) is 0 Å². The van der Waals surface area contributed by atoms with Gasteiger partial charge in [0.25, 0.3) is 5.91 Å². The molecule has 4 rings (SSSR count). The molecule has 2 aromatic heterocycles. The second kappa shape index (κ2) is 9.21. The Balaban J connectivity index is 1.76. The van der Waals surface area contributed by atoms with Gasteiger partial charge in [0, 0.05) is 16.0 Å². The van der Waals surface area contributed by atoms with E-state index in [1.54, 1.807) is 30.8 Å². The lowest BCUT2D eigenvalue weighted by molar-refractivity contribution is 0.0531. The van der Waals surface area contributed by atoms with Crippen molar-refractivity contribution >= 4 is 61.5 Å². The Hall–Kier alpha value is -2.68. The summed E-state index contributed by atoms with van der Waals surface area (Å²) in [4.78, 5) is 31.8. The first kappa shape index (κ1) is 21.5. The number of ether oxygens (including phenoxy) is 1. The summed E-state index contributed by atoms with van der Waals surface area (Å²) in [5.41, 5.74) is 2.96. The Morgan fingerprint density at radius 2 is 1.84 bits per heavy atom. The second-order valence-electron chi connectivity index (χ2n) is 6.65. The minimum atomic E-state index is -0.391. The van der Waals surface area contributed by atoms with Crippen molar-refractivity contribution in [2.75, 3.05) is 18.2 Å². The third-order valence-electron chi connectivity index (χ3n) is 4.69. The van der Waals surface area contributed by atoms with Gasteiger partial charge in [0.1, 0.15) is 14.9 Å². The van der Waals surface area contributed by atoms with Crippen LogP contribution in [-0.2, 0) is 4.74 Å². The largest absolute Gasteiger partial charge is 0.462 e. The zero-order chi connectivity index (χ0) is 22.0. The highest BCUT2D eigenvalue weighted by molar-refractivity contribution is 7.98. The number of rotatable bonds is 6. The molecule has 0 aliphatic heterocycles. The third-order valence-corrected chi connectivity index (χ3v) is 7.68. The van der Waals surface area contributed by atoms with Gasteiger partial charge >= 0.3 is 5.97 Å². The van der Waals surface area contributed by atoms with E-state index in [4.69, 9.17) is 9.72 Å². The molecular weight excluding hydrogens is 448 g/mol. The first-order valence-electron chi connectivity index (χ1n) is 9.63. The molecule has 0 saturated carbocycles. The maximum absolute atomic E-state index is 12.9. The standard InChI is InChI=1S/C23H20N2O3S3/c1-4-28-23(27)19-13(2)18(21-24-16-7-5-6-8-17(16)30-21)22(31-19)25-20(26)14-9-11-15(29-3)12-10-14/h5-12H,4H2,1-3H3,(H,25,26). The number of nitrogens with zero attached hydrogens (tertiary/aromatic N) is 1. The quantitative estimate of drug-likeness (QED) is 0.259. The summed E-state index contributed by atoms with van der Waals surface area (Å²) in [7, 11) is 0. The van der Waals surface area contributed by atoms with E-state index in [9.17, 15) is 9.59 Å². The van der Waals surface area contributed by atoms with Gasteiger partial charge in [-0.3, -0.25) is 4.79 Å². The number of esters is 1. The molecule has 0 atom stereocenters. The number of thiophene rings is 1. The highest BCUT2D eigenvalue weighted by atomic mass is 32.2. The van der Waals surface area contributed by atoms with Gasteiger partial charge in [-0.25, -0.2) is 9.78 Å². The van der Waals surface area contributed by atoms with Gasteiger partial charge in [-0.15, -0.1) is 34.4 Å². The SMILES string of the molecule is CCOC(=O)c1sc(NC(=O)c2ccc(SC)cc2)c(-c2nc3ccccc3s2)c1C. The van der Waals surface area contributed by atoms with E-state index < -0.39 is 5.97 Å². The highest BCUT2D eigenvalue weighted by Crippen LogP contribution is 2.43. The maximum atomic E-state index is 12.9. The molecule has 5 nitrogen and oxygen atoms in total. The smallest absolute Gasteiger partial charge is 0.348 e. The van der Waals surface area contributed by atoms with Crippen LogP contribution in [0.2, 0.25) is 0 Å². The van der Waals surface area contributed by atoms with Gasteiger partial charge in [0.2, 0.25) is 0 Å². The van der Waals surface area contributed by atoms with Crippen LogP contribution in [0.4, 0.5) is 5.00 Å². The second-order valence-corrected chi connectivity index (χ2v) is 9.58. The minimum Gasteiger partial charge on any atom is -0.462 e. The number of thioether (sulfide) groups is 1. The topological polar surface area (TPSA) is 68.3 Å². The van der Waals surface area contributed by atoms with E-state index in [-0.39, 0.29) is 12.5 Å². The Labute approximate surface area is 192 Å². The first-order chi connectivity index (χ1) is 15.0. The molecule has 2 heterocycles. The number of thiazole rings is 1. The van der Waals surface area contributed by atoms with Crippen molar-refractivity contribution in [1.82, 2.24) is 4.98 Å². The van der Waals surface area contributed by atoms with E-state index in [0.717, 1.165) is 31.2 Å². The molecule has 0 aliphatic rings. The average Bonchev–Trinajstić information content (AvgIpc) is 3.34. The molecule has 2 aromatic carbocycles. The number of carbonyl (C=O) groups excluding carboxylic acids is 2. The molecule has 0 unspecified atom stereocenters. The fourth-order valence-electron chi connectivity index (χ4n) is 3.15. The van der Waals surface area contributed by atoms with Crippen LogP contribution in [0.15, 0.2) is 53.4 Å². The van der Waals surface area contributed by atoms with Crippen LogP contribution < -0.4 is 5.32 Å². The van der Waals surface area contributed by atoms with Crippen molar-refractivity contribution < 1.29 is 14.3 Å². The predicted molar refractivity (Wildman–Crippen MR) is 130 cm³/mol. The summed E-state index contributed by atoms with van der Waals surface area (Å²) >= 11 is 4.38. The van der Waals surface area contributed by atoms with Crippen LogP contribution >= 0.6 is 34.4 Å². The summed E-state index contributed by atoms with van der Waals surface area (Å²) < 4.78 is 6.27. The zero-order valence-corrected chi connectivity index (χ0v) is 19.7. The molecule has 0 bridgehead atoms. The summed E-state index contributed by atoms with van der Waals surface area (Å²) in [5.74, 6) is -0.621. The number of para-hydroxylation sites is 1. The molecule has 1 amide bonds. The van der Waals surface area contributed by atoms with Crippen LogP contribution in [0.1, 0.15) is 32.5 Å². The summed E-state index contributed by atoms with van der Waals surface area (Å²) in [5, 5.41) is 4.36. The van der Waals surface area contributed by atoms with Gasteiger partial charge in [-0.1, -0.05) is 12.1 Å². The van der Waals surface area contributed by atoms with Crippen molar-refractivity contribution in [2.24, 2.45) is 0 Å². The Kier molecular flexibility index (Phi) is 6.41. The van der Waals surface area contributed by atoms with Crippen LogP contribution in [0.25, 0.3) is 20.8 Å². The van der Waals surface area contributed by atoms with Crippen molar-refractivity contribution in [2.45, 2.75) is 18.7 Å². The lowest BCUT2D eigenvalue weighted by Gasteiger charge is -2.06. The van der Waals surface area contributed by atoms with Crippen LogP contribution in [0, 0.1) is 6.92 Å². The number of benzene rings is 2. The maximum Gasteiger partial charge on any atom is 0.348 e.